The van der Waals surface area contributed by atoms with Crippen molar-refractivity contribution in [3.8, 4) is 11.5 Å². The van der Waals surface area contributed by atoms with Gasteiger partial charge >= 0.3 is 0 Å². The lowest BCUT2D eigenvalue weighted by atomic mass is 10.1. The van der Waals surface area contributed by atoms with Crippen LogP contribution in [0.1, 0.15) is 15.9 Å². The lowest BCUT2D eigenvalue weighted by molar-refractivity contribution is 0.102. The molecule has 0 spiro atoms. The molecule has 3 aromatic rings. The summed E-state index contributed by atoms with van der Waals surface area (Å²) in [7, 11) is 3.01. The molecule has 7 heteroatoms. The molecule has 0 saturated heterocycles. The Kier molecular flexibility index (Phi) is 5.43. The number of amides is 1. The quantitative estimate of drug-likeness (QED) is 0.714. The van der Waals surface area contributed by atoms with E-state index in [9.17, 15) is 4.79 Å². The molecule has 1 amide bonds. The highest BCUT2D eigenvalue weighted by Crippen LogP contribution is 2.28. The van der Waals surface area contributed by atoms with E-state index in [0.717, 1.165) is 5.56 Å². The van der Waals surface area contributed by atoms with E-state index in [1.165, 1.54) is 14.2 Å². The molecule has 0 aliphatic rings. The molecule has 1 aromatic heterocycles. The van der Waals surface area contributed by atoms with Crippen molar-refractivity contribution in [3.63, 3.8) is 0 Å². The standard InChI is InChI=1S/C19H18ClN3O3/c1-25-15-8-5-9-16(26-2)18(15)19(24)21-17-10-11-23(22-17)12-13-6-3-4-7-14(13)20/h3-11H,12H2,1-2H3,(H,21,22,24). The summed E-state index contributed by atoms with van der Waals surface area (Å²) >= 11 is 6.17. The molecule has 0 atom stereocenters. The molecule has 26 heavy (non-hydrogen) atoms. The monoisotopic (exact) mass is 371 g/mol. The summed E-state index contributed by atoms with van der Waals surface area (Å²) in [6.07, 6.45) is 1.78. The third kappa shape index (κ3) is 3.81. The fraction of sp³-hybridized carbons (Fsp3) is 0.158. The van der Waals surface area contributed by atoms with Crippen LogP contribution in [-0.4, -0.2) is 29.9 Å². The van der Waals surface area contributed by atoms with Crippen molar-refractivity contribution in [3.05, 3.63) is 70.9 Å². The highest BCUT2D eigenvalue weighted by molar-refractivity contribution is 6.31. The van der Waals surface area contributed by atoms with Gasteiger partial charge < -0.3 is 14.8 Å². The Bertz CT molecular complexity index is 902. The van der Waals surface area contributed by atoms with Gasteiger partial charge in [0.1, 0.15) is 17.1 Å². The Morgan fingerprint density at radius 1 is 1.08 bits per heavy atom. The predicted molar refractivity (Wildman–Crippen MR) is 100 cm³/mol. The summed E-state index contributed by atoms with van der Waals surface area (Å²) in [5, 5.41) is 7.81. The van der Waals surface area contributed by atoms with Gasteiger partial charge in [-0.15, -0.1) is 0 Å². The minimum absolute atomic E-state index is 0.318. The topological polar surface area (TPSA) is 65.4 Å². The van der Waals surface area contributed by atoms with Crippen LogP contribution in [0.2, 0.25) is 5.02 Å². The van der Waals surface area contributed by atoms with Gasteiger partial charge in [-0.1, -0.05) is 35.9 Å². The van der Waals surface area contributed by atoms with Crippen LogP contribution in [0.25, 0.3) is 0 Å². The molecule has 134 valence electrons. The maximum Gasteiger partial charge on any atom is 0.264 e. The number of nitrogens with zero attached hydrogens (tertiary/aromatic N) is 2. The molecule has 1 N–H and O–H groups in total. The van der Waals surface area contributed by atoms with E-state index in [1.54, 1.807) is 35.1 Å². The Morgan fingerprint density at radius 2 is 1.77 bits per heavy atom. The average molecular weight is 372 g/mol. The van der Waals surface area contributed by atoms with Crippen molar-refractivity contribution >= 4 is 23.3 Å². The average Bonchev–Trinajstić information content (AvgIpc) is 3.09. The first-order valence-corrected chi connectivity index (χ1v) is 8.29. The van der Waals surface area contributed by atoms with Crippen LogP contribution in [0.5, 0.6) is 11.5 Å². The van der Waals surface area contributed by atoms with Crippen molar-refractivity contribution in [2.75, 3.05) is 19.5 Å². The van der Waals surface area contributed by atoms with Crippen LogP contribution >= 0.6 is 11.6 Å². The zero-order valence-corrected chi connectivity index (χ0v) is 15.2. The van der Waals surface area contributed by atoms with E-state index in [2.05, 4.69) is 10.4 Å². The van der Waals surface area contributed by atoms with Gasteiger partial charge in [-0.3, -0.25) is 9.48 Å². The number of carbonyl (C=O) groups excluding carboxylic acids is 1. The molecular weight excluding hydrogens is 354 g/mol. The summed E-state index contributed by atoms with van der Waals surface area (Å²) in [5.41, 5.74) is 1.26. The van der Waals surface area contributed by atoms with Crippen molar-refractivity contribution < 1.29 is 14.3 Å². The first kappa shape index (κ1) is 17.8. The van der Waals surface area contributed by atoms with Crippen molar-refractivity contribution in [1.82, 2.24) is 9.78 Å². The van der Waals surface area contributed by atoms with Crippen LogP contribution in [0.3, 0.4) is 0 Å². The van der Waals surface area contributed by atoms with E-state index in [-0.39, 0.29) is 5.91 Å². The number of ether oxygens (including phenoxy) is 2. The van der Waals surface area contributed by atoms with Crippen LogP contribution in [0.15, 0.2) is 54.7 Å². The van der Waals surface area contributed by atoms with Crippen LogP contribution in [-0.2, 0) is 6.54 Å². The smallest absolute Gasteiger partial charge is 0.264 e. The molecular formula is C19H18ClN3O3. The fourth-order valence-corrected chi connectivity index (χ4v) is 2.77. The number of anilines is 1. The molecule has 0 aliphatic carbocycles. The van der Waals surface area contributed by atoms with E-state index < -0.39 is 0 Å². The first-order chi connectivity index (χ1) is 12.6. The number of rotatable bonds is 6. The van der Waals surface area contributed by atoms with E-state index in [4.69, 9.17) is 21.1 Å². The van der Waals surface area contributed by atoms with Gasteiger partial charge in [-0.05, 0) is 23.8 Å². The van der Waals surface area contributed by atoms with Gasteiger partial charge in [0.05, 0.1) is 20.8 Å². The number of hydrogen-bond acceptors (Lipinski definition) is 4. The Morgan fingerprint density at radius 3 is 2.42 bits per heavy atom. The van der Waals surface area contributed by atoms with Gasteiger partial charge in [-0.25, -0.2) is 0 Å². The van der Waals surface area contributed by atoms with Crippen molar-refractivity contribution in [2.45, 2.75) is 6.54 Å². The molecule has 6 nitrogen and oxygen atoms in total. The largest absolute Gasteiger partial charge is 0.496 e. The van der Waals surface area contributed by atoms with Crippen molar-refractivity contribution in [1.29, 1.82) is 0 Å². The number of methoxy groups -OCH3 is 2. The van der Waals surface area contributed by atoms with E-state index >= 15 is 0 Å². The Hall–Kier alpha value is -2.99. The minimum atomic E-state index is -0.359. The van der Waals surface area contributed by atoms with Gasteiger partial charge in [0, 0.05) is 17.3 Å². The second-order valence-corrected chi connectivity index (χ2v) is 5.89. The number of carbonyl (C=O) groups is 1. The normalized spacial score (nSPS) is 10.4. The second-order valence-electron chi connectivity index (χ2n) is 5.48. The molecule has 0 saturated carbocycles. The third-order valence-corrected chi connectivity index (χ3v) is 4.20. The molecule has 0 unspecified atom stereocenters. The van der Waals surface area contributed by atoms with Crippen molar-refractivity contribution in [2.24, 2.45) is 0 Å². The highest BCUT2D eigenvalue weighted by atomic mass is 35.5. The number of benzene rings is 2. The van der Waals surface area contributed by atoms with Gasteiger partial charge in [0.2, 0.25) is 0 Å². The third-order valence-electron chi connectivity index (χ3n) is 3.83. The molecule has 1 heterocycles. The van der Waals surface area contributed by atoms with Crippen LogP contribution in [0, 0.1) is 0 Å². The minimum Gasteiger partial charge on any atom is -0.496 e. The summed E-state index contributed by atoms with van der Waals surface area (Å²) in [4.78, 5) is 12.7. The highest BCUT2D eigenvalue weighted by Gasteiger charge is 2.19. The number of halogens is 1. The van der Waals surface area contributed by atoms with Gasteiger partial charge in [-0.2, -0.15) is 5.10 Å². The van der Waals surface area contributed by atoms with Crippen LogP contribution < -0.4 is 14.8 Å². The summed E-state index contributed by atoms with van der Waals surface area (Å²) in [5.74, 6) is 0.923. The summed E-state index contributed by atoms with van der Waals surface area (Å²) in [6.45, 7) is 0.507. The fourth-order valence-electron chi connectivity index (χ4n) is 2.57. The van der Waals surface area contributed by atoms with E-state index in [1.807, 2.05) is 24.3 Å². The van der Waals surface area contributed by atoms with Crippen LogP contribution in [0.4, 0.5) is 5.82 Å². The lowest BCUT2D eigenvalue weighted by Gasteiger charge is -2.12. The zero-order valence-electron chi connectivity index (χ0n) is 14.4. The first-order valence-electron chi connectivity index (χ1n) is 7.91. The molecule has 0 aliphatic heterocycles. The molecule has 0 radical (unpaired) electrons. The number of nitrogens with one attached hydrogen (secondary N) is 1. The predicted octanol–water partition coefficient (Wildman–Crippen LogP) is 3.85. The Labute approximate surface area is 156 Å². The van der Waals surface area contributed by atoms with Gasteiger partial charge in [0.25, 0.3) is 5.91 Å². The van der Waals surface area contributed by atoms with Gasteiger partial charge in [0.15, 0.2) is 5.82 Å². The molecule has 0 bridgehead atoms. The number of hydrogen-bond donors (Lipinski definition) is 1. The maximum atomic E-state index is 12.7. The van der Waals surface area contributed by atoms with E-state index in [0.29, 0.717) is 34.4 Å². The number of aromatic nitrogens is 2. The molecule has 0 fully saturated rings. The molecule has 2 aromatic carbocycles. The SMILES string of the molecule is COc1cccc(OC)c1C(=O)Nc1ccn(Cc2ccccc2Cl)n1. The summed E-state index contributed by atoms with van der Waals surface area (Å²) in [6, 6.07) is 14.4. The maximum absolute atomic E-state index is 12.7. The second kappa shape index (κ2) is 7.93. The summed E-state index contributed by atoms with van der Waals surface area (Å²) < 4.78 is 12.2. The zero-order chi connectivity index (χ0) is 18.5. The Balaban J connectivity index is 1.78. The lowest BCUT2D eigenvalue weighted by Crippen LogP contribution is -2.15. The molecule has 3 rings (SSSR count).